The van der Waals surface area contributed by atoms with E-state index >= 15 is 0 Å². The Morgan fingerprint density at radius 3 is 2.27 bits per heavy atom. The number of nitrogens with zero attached hydrogens (tertiary/aromatic N) is 1. The average Bonchev–Trinajstić information content (AvgIpc) is 2.15. The summed E-state index contributed by atoms with van der Waals surface area (Å²) < 4.78 is 4.87. The summed E-state index contributed by atoms with van der Waals surface area (Å²) in [4.78, 5) is 18.4. The summed E-state index contributed by atoms with van der Waals surface area (Å²) in [5.74, 6) is -0.385. The molecule has 0 aromatic heterocycles. The van der Waals surface area contributed by atoms with Crippen LogP contribution in [0, 0.1) is 10.1 Å². The molecule has 1 aromatic carbocycles. The molecule has 1 rings (SSSR count). The molecule has 82 valence electrons. The monoisotopic (exact) mass is 215 g/mol. The molecule has 2 N–H and O–H groups in total. The molecule has 0 aliphatic carbocycles. The van der Waals surface area contributed by atoms with Crippen LogP contribution < -0.4 is 4.74 Å². The Bertz CT molecular complexity index is 308. The lowest BCUT2D eigenvalue weighted by atomic mass is 10.3. The molecule has 0 spiro atoms. The highest BCUT2D eigenvalue weighted by Crippen LogP contribution is 2.07. The number of ether oxygens (including phenoxy) is 1. The maximum absolute atomic E-state index is 10.0. The lowest BCUT2D eigenvalue weighted by Crippen LogP contribution is -2.09. The van der Waals surface area contributed by atoms with Gasteiger partial charge in [0, 0.05) is 0 Å². The Kier molecular flexibility index (Phi) is 6.03. The molecule has 15 heavy (non-hydrogen) atoms. The van der Waals surface area contributed by atoms with E-state index in [1.165, 1.54) is 0 Å². The van der Waals surface area contributed by atoms with Gasteiger partial charge in [-0.2, -0.15) is 0 Å². The molecule has 7 heteroatoms. The van der Waals surface area contributed by atoms with E-state index in [0.717, 1.165) is 0 Å². The zero-order valence-corrected chi connectivity index (χ0v) is 7.57. The first-order valence-electron chi connectivity index (χ1n) is 3.75. The molecule has 0 heterocycles. The van der Waals surface area contributed by atoms with E-state index in [0.29, 0.717) is 5.75 Å². The molecule has 1 aromatic rings. The third-order valence-corrected chi connectivity index (χ3v) is 1.11. The lowest BCUT2D eigenvalue weighted by molar-refractivity contribution is -0.742. The van der Waals surface area contributed by atoms with Gasteiger partial charge in [0.1, 0.15) is 5.75 Å². The van der Waals surface area contributed by atoms with Crippen molar-refractivity contribution in [3.8, 4) is 5.75 Å². The van der Waals surface area contributed by atoms with Gasteiger partial charge in [0.2, 0.25) is 0 Å². The molecule has 0 fully saturated rings. The van der Waals surface area contributed by atoms with Crippen molar-refractivity contribution in [2.45, 2.75) is 0 Å². The zero-order valence-electron chi connectivity index (χ0n) is 7.57. The van der Waals surface area contributed by atoms with Gasteiger partial charge in [-0.25, -0.2) is 4.79 Å². The van der Waals surface area contributed by atoms with Gasteiger partial charge in [-0.05, 0) is 12.1 Å². The van der Waals surface area contributed by atoms with Crippen LogP contribution in [0.1, 0.15) is 0 Å². The quantitative estimate of drug-likeness (QED) is 0.570. The molecular weight excluding hydrogens is 206 g/mol. The number of carboxylic acid groups (broad SMARTS) is 1. The van der Waals surface area contributed by atoms with E-state index in [9.17, 15) is 4.79 Å². The smallest absolute Gasteiger partial charge is 0.341 e. The Labute approximate surface area is 84.6 Å². The summed E-state index contributed by atoms with van der Waals surface area (Å²) in [6.07, 6.45) is 0. The van der Waals surface area contributed by atoms with Crippen molar-refractivity contribution in [2.24, 2.45) is 0 Å². The van der Waals surface area contributed by atoms with E-state index in [2.05, 4.69) is 0 Å². The van der Waals surface area contributed by atoms with Crippen LogP contribution in [0.3, 0.4) is 0 Å². The molecule has 0 aliphatic rings. The van der Waals surface area contributed by atoms with Gasteiger partial charge in [0.25, 0.3) is 5.09 Å². The van der Waals surface area contributed by atoms with Crippen molar-refractivity contribution in [1.82, 2.24) is 0 Å². The van der Waals surface area contributed by atoms with Crippen molar-refractivity contribution in [3.05, 3.63) is 40.4 Å². The van der Waals surface area contributed by atoms with Crippen LogP contribution in [0.4, 0.5) is 0 Å². The standard InChI is InChI=1S/C8H8O3.HNO3/c9-8(10)6-11-7-4-2-1-3-5-7;2-1(3)4/h1-5H,6H2,(H,9,10);(H,2,3,4). The number of para-hydroxylation sites is 1. The molecule has 0 amide bonds. The number of benzene rings is 1. The Morgan fingerprint density at radius 2 is 1.87 bits per heavy atom. The van der Waals surface area contributed by atoms with Gasteiger partial charge in [-0.3, -0.25) is 0 Å². The molecular formula is C8H9NO6. The van der Waals surface area contributed by atoms with E-state index in [1.54, 1.807) is 24.3 Å². The van der Waals surface area contributed by atoms with Crippen LogP contribution in [0.15, 0.2) is 30.3 Å². The van der Waals surface area contributed by atoms with Gasteiger partial charge in [-0.15, -0.1) is 10.1 Å². The number of carboxylic acids is 1. The molecule has 0 saturated heterocycles. The minimum atomic E-state index is -1.50. The first kappa shape index (κ1) is 12.7. The topological polar surface area (TPSA) is 110 Å². The van der Waals surface area contributed by atoms with Crippen molar-refractivity contribution in [2.75, 3.05) is 6.61 Å². The summed E-state index contributed by atoms with van der Waals surface area (Å²) in [5, 5.41) is 21.9. The molecule has 0 unspecified atom stereocenters. The number of hydrogen-bond acceptors (Lipinski definition) is 4. The van der Waals surface area contributed by atoms with Crippen LogP contribution in [-0.4, -0.2) is 28.0 Å². The molecule has 0 radical (unpaired) electrons. The fourth-order valence-corrected chi connectivity index (χ4v) is 0.662. The minimum absolute atomic E-state index is 0.288. The summed E-state index contributed by atoms with van der Waals surface area (Å²) >= 11 is 0. The highest BCUT2D eigenvalue weighted by Gasteiger charge is 1.96. The van der Waals surface area contributed by atoms with Gasteiger partial charge in [-0.1, -0.05) is 18.2 Å². The average molecular weight is 215 g/mol. The first-order valence-corrected chi connectivity index (χ1v) is 3.75. The van der Waals surface area contributed by atoms with E-state index < -0.39 is 11.1 Å². The number of hydrogen-bond donors (Lipinski definition) is 2. The van der Waals surface area contributed by atoms with E-state index in [4.69, 9.17) is 25.2 Å². The molecule has 0 aliphatic heterocycles. The SMILES string of the molecule is O=C(O)COc1ccccc1.O=[N+]([O-])O. The summed E-state index contributed by atoms with van der Waals surface area (Å²) in [7, 11) is 0. The summed E-state index contributed by atoms with van der Waals surface area (Å²) in [5.41, 5.74) is 0. The maximum atomic E-state index is 10.0. The highest BCUT2D eigenvalue weighted by molar-refractivity contribution is 5.68. The molecule has 7 nitrogen and oxygen atoms in total. The summed E-state index contributed by atoms with van der Waals surface area (Å²) in [6.45, 7) is -0.288. The fourth-order valence-electron chi connectivity index (χ4n) is 0.662. The number of rotatable bonds is 3. The summed E-state index contributed by atoms with van der Waals surface area (Å²) in [6, 6.07) is 8.84. The molecule has 0 bridgehead atoms. The maximum Gasteiger partial charge on any atom is 0.341 e. The van der Waals surface area contributed by atoms with Gasteiger partial charge >= 0.3 is 5.97 Å². The minimum Gasteiger partial charge on any atom is -0.482 e. The van der Waals surface area contributed by atoms with Gasteiger partial charge in [0.05, 0.1) is 0 Å². The molecule has 0 atom stereocenters. The Hall–Kier alpha value is -2.31. The second kappa shape index (κ2) is 7.13. The van der Waals surface area contributed by atoms with Crippen LogP contribution >= 0.6 is 0 Å². The van der Waals surface area contributed by atoms with Gasteiger partial charge in [0.15, 0.2) is 6.61 Å². The number of aliphatic carboxylic acids is 1. The van der Waals surface area contributed by atoms with Crippen molar-refractivity contribution >= 4 is 5.97 Å². The van der Waals surface area contributed by atoms with Crippen molar-refractivity contribution in [1.29, 1.82) is 0 Å². The van der Waals surface area contributed by atoms with Crippen LogP contribution in [0.5, 0.6) is 5.75 Å². The van der Waals surface area contributed by atoms with E-state index in [-0.39, 0.29) is 6.61 Å². The fraction of sp³-hybridized carbons (Fsp3) is 0.125. The van der Waals surface area contributed by atoms with Crippen LogP contribution in [0.2, 0.25) is 0 Å². The largest absolute Gasteiger partial charge is 0.482 e. The van der Waals surface area contributed by atoms with E-state index in [1.807, 2.05) is 6.07 Å². The van der Waals surface area contributed by atoms with Gasteiger partial charge < -0.3 is 15.1 Å². The first-order chi connectivity index (χ1) is 7.02. The predicted molar refractivity (Wildman–Crippen MR) is 48.4 cm³/mol. The van der Waals surface area contributed by atoms with Crippen molar-refractivity contribution in [3.63, 3.8) is 0 Å². The number of carbonyl (C=O) groups is 1. The predicted octanol–water partition coefficient (Wildman–Crippen LogP) is 0.802. The highest BCUT2D eigenvalue weighted by atomic mass is 16.9. The Balaban J connectivity index is 0.000000423. The third kappa shape index (κ3) is 9.61. The lowest BCUT2D eigenvalue weighted by Gasteiger charge is -2.00. The molecule has 0 saturated carbocycles. The zero-order chi connectivity index (χ0) is 11.7. The Morgan fingerprint density at radius 1 is 1.40 bits per heavy atom. The normalized spacial score (nSPS) is 8.27. The third-order valence-electron chi connectivity index (χ3n) is 1.11. The van der Waals surface area contributed by atoms with Crippen molar-refractivity contribution < 1.29 is 24.9 Å². The second-order valence-electron chi connectivity index (χ2n) is 2.23. The second-order valence-corrected chi connectivity index (χ2v) is 2.23. The van der Waals surface area contributed by atoms with Crippen LogP contribution in [-0.2, 0) is 4.79 Å². The van der Waals surface area contributed by atoms with Crippen LogP contribution in [0.25, 0.3) is 0 Å².